The summed E-state index contributed by atoms with van der Waals surface area (Å²) in [4.78, 5) is 20.5. The second-order valence-corrected chi connectivity index (χ2v) is 18.4. The molecule has 4 aromatic rings. The lowest BCUT2D eigenvalue weighted by Crippen LogP contribution is -2.66. The number of carbonyl (C=O) groups excluding carboxylic acids is 1. The van der Waals surface area contributed by atoms with Gasteiger partial charge in [0.25, 0.3) is 14.2 Å². The molecule has 1 saturated heterocycles. The Bertz CT molecular complexity index is 1570. The minimum atomic E-state index is -2.91. The molecule has 0 bridgehead atoms. The second-order valence-electron chi connectivity index (χ2n) is 13.7. The minimum absolute atomic E-state index is 0.0150. The first-order chi connectivity index (χ1) is 20.7. The fourth-order valence-electron chi connectivity index (χ4n) is 6.22. The van der Waals surface area contributed by atoms with Crippen LogP contribution in [0.5, 0.6) is 0 Å². The van der Waals surface area contributed by atoms with Crippen molar-refractivity contribution >= 4 is 53.0 Å². The third kappa shape index (κ3) is 6.29. The molecule has 0 radical (unpaired) electrons. The van der Waals surface area contributed by atoms with Crippen LogP contribution in [0.25, 0.3) is 11.1 Å². The molecule has 1 amide bonds. The van der Waals surface area contributed by atoms with E-state index >= 15 is 0 Å². The Morgan fingerprint density at radius 2 is 1.52 bits per heavy atom. The maximum atomic E-state index is 13.3. The SMILES string of the molecule is CC1CN(c2c(CO[Si](c3ccccc3)(c3ccccc3)C(C)(C)C)nc3c(C(=O)NC(C)(C)C)noc3c2Cl)CC(C)O1. The van der Waals surface area contributed by atoms with E-state index < -0.39 is 13.9 Å². The molecule has 8 nitrogen and oxygen atoms in total. The summed E-state index contributed by atoms with van der Waals surface area (Å²) in [5.41, 5.74) is 1.57. The highest BCUT2D eigenvalue weighted by Crippen LogP contribution is 2.41. The van der Waals surface area contributed by atoms with Crippen LogP contribution in [0, 0.1) is 0 Å². The van der Waals surface area contributed by atoms with E-state index in [9.17, 15) is 4.79 Å². The van der Waals surface area contributed by atoms with Crippen LogP contribution in [0.4, 0.5) is 5.69 Å². The number of hydrogen-bond acceptors (Lipinski definition) is 7. The summed E-state index contributed by atoms with van der Waals surface area (Å²) in [6.07, 6.45) is -0.0300. The third-order valence-corrected chi connectivity index (χ3v) is 13.2. The van der Waals surface area contributed by atoms with Gasteiger partial charge in [-0.3, -0.25) is 4.79 Å². The number of pyridine rings is 1. The number of rotatable bonds is 7. The third-order valence-electron chi connectivity index (χ3n) is 7.88. The van der Waals surface area contributed by atoms with E-state index in [0.717, 1.165) is 16.1 Å². The summed E-state index contributed by atoms with van der Waals surface area (Å²) in [5.74, 6) is -0.375. The molecule has 1 fully saturated rings. The Balaban J connectivity index is 1.69. The molecule has 10 heteroatoms. The van der Waals surface area contributed by atoms with Gasteiger partial charge in [0.2, 0.25) is 5.58 Å². The lowest BCUT2D eigenvalue weighted by molar-refractivity contribution is -0.00532. The summed E-state index contributed by atoms with van der Waals surface area (Å²) in [6, 6.07) is 21.0. The molecule has 44 heavy (non-hydrogen) atoms. The first-order valence-corrected chi connectivity index (χ1v) is 17.5. The van der Waals surface area contributed by atoms with Gasteiger partial charge >= 0.3 is 0 Å². The van der Waals surface area contributed by atoms with E-state index in [1.165, 1.54) is 0 Å². The number of anilines is 1. The number of halogens is 1. The van der Waals surface area contributed by atoms with Crippen molar-refractivity contribution in [2.45, 2.75) is 84.8 Å². The molecule has 2 unspecified atom stereocenters. The normalized spacial score (nSPS) is 18.1. The largest absolute Gasteiger partial charge is 0.401 e. The molecule has 2 atom stereocenters. The molecule has 0 aliphatic carbocycles. The van der Waals surface area contributed by atoms with Gasteiger partial charge in [0.15, 0.2) is 5.69 Å². The molecule has 0 spiro atoms. The van der Waals surface area contributed by atoms with Crippen LogP contribution in [0.2, 0.25) is 10.1 Å². The van der Waals surface area contributed by atoms with Crippen LogP contribution in [0.3, 0.4) is 0 Å². The van der Waals surface area contributed by atoms with E-state index in [1.54, 1.807) is 0 Å². The van der Waals surface area contributed by atoms with Gasteiger partial charge in [-0.2, -0.15) is 0 Å². The van der Waals surface area contributed by atoms with Gasteiger partial charge in [-0.15, -0.1) is 0 Å². The Hall–Kier alpha value is -3.24. The topological polar surface area (TPSA) is 89.7 Å². The Kier molecular flexibility index (Phi) is 8.97. The van der Waals surface area contributed by atoms with Gasteiger partial charge in [-0.05, 0) is 50.0 Å². The van der Waals surface area contributed by atoms with Gasteiger partial charge in [0.1, 0.15) is 10.5 Å². The molecule has 3 heterocycles. The van der Waals surface area contributed by atoms with Gasteiger partial charge in [-0.25, -0.2) is 4.98 Å². The average molecular weight is 635 g/mol. The number of fused-ring (bicyclic) bond motifs is 1. The fraction of sp³-hybridized carbons (Fsp3) is 0.441. The van der Waals surface area contributed by atoms with Crippen molar-refractivity contribution in [1.29, 1.82) is 0 Å². The zero-order chi connectivity index (χ0) is 31.9. The van der Waals surface area contributed by atoms with Gasteiger partial charge in [0, 0.05) is 18.6 Å². The Morgan fingerprint density at radius 1 is 0.977 bits per heavy atom. The number of morpholine rings is 1. The standard InChI is InChI=1S/C34H43ClN4O4Si/c1-22-19-39(20-23(2)42-22)30-26(36-28-29(32(40)37-33(3,4)5)38-43-31(28)27(30)35)21-41-44(34(6,7)8,24-15-11-9-12-16-24)25-17-13-10-14-18-25/h9-18,22-23H,19-21H2,1-8H3,(H,37,40). The molecule has 2 aromatic heterocycles. The quantitative estimate of drug-likeness (QED) is 0.246. The van der Waals surface area contributed by atoms with Crippen molar-refractivity contribution in [3.05, 3.63) is 77.1 Å². The van der Waals surface area contributed by atoms with Gasteiger partial charge < -0.3 is 23.9 Å². The summed E-state index contributed by atoms with van der Waals surface area (Å²) < 4.78 is 19.0. The van der Waals surface area contributed by atoms with E-state index in [4.69, 9.17) is 30.3 Å². The molecule has 1 N–H and O–H groups in total. The van der Waals surface area contributed by atoms with Gasteiger partial charge in [0.05, 0.1) is 30.2 Å². The van der Waals surface area contributed by atoms with Crippen molar-refractivity contribution in [1.82, 2.24) is 15.5 Å². The van der Waals surface area contributed by atoms with Crippen LogP contribution in [-0.4, -0.2) is 55.2 Å². The molecule has 1 aliphatic rings. The number of amides is 1. The maximum Gasteiger partial charge on any atom is 0.276 e. The zero-order valence-corrected chi connectivity index (χ0v) is 28.7. The summed E-state index contributed by atoms with van der Waals surface area (Å²) in [5, 5.41) is 9.55. The maximum absolute atomic E-state index is 13.3. The number of nitrogens with one attached hydrogen (secondary N) is 1. The molecule has 2 aromatic carbocycles. The minimum Gasteiger partial charge on any atom is -0.401 e. The highest BCUT2D eigenvalue weighted by atomic mass is 35.5. The highest BCUT2D eigenvalue weighted by molar-refractivity contribution is 6.99. The number of hydrogen-bond donors (Lipinski definition) is 1. The van der Waals surface area contributed by atoms with Crippen molar-refractivity contribution in [2.24, 2.45) is 0 Å². The highest BCUT2D eigenvalue weighted by Gasteiger charge is 2.50. The molecule has 234 valence electrons. The lowest BCUT2D eigenvalue weighted by Gasteiger charge is -2.43. The molecule has 1 aliphatic heterocycles. The van der Waals surface area contributed by atoms with E-state index in [0.29, 0.717) is 29.3 Å². The van der Waals surface area contributed by atoms with E-state index in [1.807, 2.05) is 46.8 Å². The number of ether oxygens (including phenoxy) is 1. The molecule has 0 saturated carbocycles. The molecule has 5 rings (SSSR count). The Labute approximate surface area is 266 Å². The van der Waals surface area contributed by atoms with Crippen molar-refractivity contribution in [3.63, 3.8) is 0 Å². The van der Waals surface area contributed by atoms with Crippen molar-refractivity contribution in [3.8, 4) is 0 Å². The predicted octanol–water partition coefficient (Wildman–Crippen LogP) is 6.09. The van der Waals surface area contributed by atoms with Crippen molar-refractivity contribution in [2.75, 3.05) is 18.0 Å². The Morgan fingerprint density at radius 3 is 2.02 bits per heavy atom. The number of aromatic nitrogens is 2. The van der Waals surface area contributed by atoms with Crippen LogP contribution < -0.4 is 20.6 Å². The zero-order valence-electron chi connectivity index (χ0n) is 26.9. The first kappa shape index (κ1) is 32.2. The van der Waals surface area contributed by atoms with E-state index in [-0.39, 0.29) is 41.0 Å². The van der Waals surface area contributed by atoms with Crippen LogP contribution in [0.1, 0.15) is 71.6 Å². The monoisotopic (exact) mass is 634 g/mol. The lowest BCUT2D eigenvalue weighted by atomic mass is 10.1. The van der Waals surface area contributed by atoms with Crippen LogP contribution in [0.15, 0.2) is 65.2 Å². The summed E-state index contributed by atoms with van der Waals surface area (Å²) in [7, 11) is -2.91. The van der Waals surface area contributed by atoms with E-state index in [2.05, 4.69) is 84.7 Å². The average Bonchev–Trinajstić information content (AvgIpc) is 3.37. The summed E-state index contributed by atoms with van der Waals surface area (Å²) >= 11 is 7.17. The first-order valence-electron chi connectivity index (χ1n) is 15.2. The number of nitrogens with zero attached hydrogens (tertiary/aromatic N) is 3. The van der Waals surface area contributed by atoms with Crippen LogP contribution >= 0.6 is 11.6 Å². The molecular weight excluding hydrogens is 592 g/mol. The van der Waals surface area contributed by atoms with Crippen LogP contribution in [-0.2, 0) is 15.8 Å². The second kappa shape index (κ2) is 12.3. The number of carbonyl (C=O) groups is 1. The predicted molar refractivity (Wildman–Crippen MR) is 179 cm³/mol. The smallest absolute Gasteiger partial charge is 0.276 e. The molecular formula is C34H43ClN4O4Si. The fourth-order valence-corrected chi connectivity index (χ4v) is 11.1. The summed E-state index contributed by atoms with van der Waals surface area (Å²) in [6.45, 7) is 18.0. The van der Waals surface area contributed by atoms with Gasteiger partial charge in [-0.1, -0.05) is 98.2 Å². The number of benzene rings is 2. The van der Waals surface area contributed by atoms with Crippen molar-refractivity contribution < 1.29 is 18.5 Å².